The minimum atomic E-state index is -0.0815. The Bertz CT molecular complexity index is 819. The first-order valence-corrected chi connectivity index (χ1v) is 6.55. The third-order valence-corrected chi connectivity index (χ3v) is 3.58. The smallest absolute Gasteiger partial charge is 0.241 e. The normalized spacial score (nSPS) is 11.2. The number of amides is 1. The zero-order valence-corrected chi connectivity index (χ0v) is 11.8. The molecule has 20 heavy (non-hydrogen) atoms. The fourth-order valence-electron chi connectivity index (χ4n) is 2.58. The summed E-state index contributed by atoms with van der Waals surface area (Å²) in [4.78, 5) is 16.3. The number of hydrogen-bond acceptors (Lipinski definition) is 3. The number of hydrogen-bond donors (Lipinski definition) is 1. The van der Waals surface area contributed by atoms with Crippen LogP contribution in [0.2, 0.25) is 0 Å². The van der Waals surface area contributed by atoms with E-state index in [1.165, 1.54) is 0 Å². The van der Waals surface area contributed by atoms with E-state index in [9.17, 15) is 4.79 Å². The lowest BCUT2D eigenvalue weighted by atomic mass is 10.1. The van der Waals surface area contributed by atoms with Crippen LogP contribution in [0.15, 0.2) is 24.3 Å². The quantitative estimate of drug-likeness (QED) is 0.772. The number of pyridine rings is 1. The lowest BCUT2D eigenvalue weighted by molar-refractivity contribution is -0.121. The van der Waals surface area contributed by atoms with Crippen molar-refractivity contribution in [2.24, 2.45) is 0 Å². The number of para-hydroxylation sites is 1. The summed E-state index contributed by atoms with van der Waals surface area (Å²) in [5.41, 5.74) is 3.75. The van der Waals surface area contributed by atoms with Crippen molar-refractivity contribution >= 4 is 27.8 Å². The lowest BCUT2D eigenvalue weighted by Crippen LogP contribution is -2.24. The van der Waals surface area contributed by atoms with Crippen LogP contribution in [0.25, 0.3) is 21.9 Å². The van der Waals surface area contributed by atoms with Crippen LogP contribution in [-0.2, 0) is 11.3 Å². The highest BCUT2D eigenvalue weighted by Gasteiger charge is 2.15. The summed E-state index contributed by atoms with van der Waals surface area (Å²) in [7, 11) is 1.62. The van der Waals surface area contributed by atoms with Gasteiger partial charge in [0, 0.05) is 17.8 Å². The van der Waals surface area contributed by atoms with Gasteiger partial charge in [-0.1, -0.05) is 18.2 Å². The van der Waals surface area contributed by atoms with Crippen molar-refractivity contribution in [1.82, 2.24) is 20.1 Å². The molecule has 2 heterocycles. The molecule has 3 rings (SSSR count). The number of nitrogens with one attached hydrogen (secondary N) is 1. The second-order valence-electron chi connectivity index (χ2n) is 4.87. The van der Waals surface area contributed by atoms with Crippen LogP contribution < -0.4 is 5.32 Å². The number of carbonyl (C=O) groups excluding carboxylic acids is 1. The van der Waals surface area contributed by atoms with Crippen LogP contribution in [-0.4, -0.2) is 27.7 Å². The molecule has 0 aliphatic heterocycles. The molecule has 0 aliphatic rings. The Balaban J connectivity index is 2.32. The van der Waals surface area contributed by atoms with E-state index in [0.29, 0.717) is 0 Å². The van der Waals surface area contributed by atoms with E-state index in [0.717, 1.165) is 33.2 Å². The van der Waals surface area contributed by atoms with Crippen LogP contribution in [0.5, 0.6) is 0 Å². The van der Waals surface area contributed by atoms with Gasteiger partial charge in [-0.05, 0) is 25.5 Å². The van der Waals surface area contributed by atoms with Crippen LogP contribution in [0.4, 0.5) is 0 Å². The Labute approximate surface area is 116 Å². The molecule has 0 unspecified atom stereocenters. The molecule has 0 atom stereocenters. The topological polar surface area (TPSA) is 59.8 Å². The van der Waals surface area contributed by atoms with Crippen LogP contribution in [0.1, 0.15) is 11.3 Å². The maximum Gasteiger partial charge on any atom is 0.241 e. The predicted molar refractivity (Wildman–Crippen MR) is 78.6 cm³/mol. The van der Waals surface area contributed by atoms with E-state index in [4.69, 9.17) is 0 Å². The highest BCUT2D eigenvalue weighted by molar-refractivity contribution is 5.97. The van der Waals surface area contributed by atoms with E-state index in [-0.39, 0.29) is 12.5 Å². The van der Waals surface area contributed by atoms with Crippen LogP contribution in [0.3, 0.4) is 0 Å². The van der Waals surface area contributed by atoms with Crippen molar-refractivity contribution in [2.45, 2.75) is 20.4 Å². The number of fused-ring (bicyclic) bond motifs is 2. The molecule has 1 N–H and O–H groups in total. The fourth-order valence-corrected chi connectivity index (χ4v) is 2.58. The molecule has 5 nitrogen and oxygen atoms in total. The molecular weight excluding hydrogens is 252 g/mol. The molecule has 2 aromatic heterocycles. The Kier molecular flexibility index (Phi) is 2.89. The largest absolute Gasteiger partial charge is 0.358 e. The van der Waals surface area contributed by atoms with Gasteiger partial charge in [0.1, 0.15) is 6.54 Å². The second-order valence-corrected chi connectivity index (χ2v) is 4.87. The molecule has 5 heteroatoms. The fraction of sp³-hybridized carbons (Fsp3) is 0.267. The summed E-state index contributed by atoms with van der Waals surface area (Å²) in [5, 5.41) is 9.23. The van der Waals surface area contributed by atoms with Crippen molar-refractivity contribution < 1.29 is 4.79 Å². The predicted octanol–water partition coefficient (Wildman–Crippen LogP) is 1.95. The van der Waals surface area contributed by atoms with Crippen LogP contribution in [0, 0.1) is 13.8 Å². The molecule has 0 saturated carbocycles. The van der Waals surface area contributed by atoms with Gasteiger partial charge in [-0.3, -0.25) is 4.79 Å². The Morgan fingerprint density at radius 2 is 2.05 bits per heavy atom. The summed E-state index contributed by atoms with van der Waals surface area (Å²) in [5.74, 6) is -0.0815. The van der Waals surface area contributed by atoms with Gasteiger partial charge in [-0.15, -0.1) is 0 Å². The van der Waals surface area contributed by atoms with Crippen molar-refractivity contribution in [2.75, 3.05) is 7.05 Å². The third kappa shape index (κ3) is 1.82. The molecular formula is C15H16N4O. The van der Waals surface area contributed by atoms with Gasteiger partial charge < -0.3 is 5.32 Å². The maximum atomic E-state index is 11.6. The number of aromatic nitrogens is 3. The van der Waals surface area contributed by atoms with Crippen molar-refractivity contribution in [1.29, 1.82) is 0 Å². The zero-order chi connectivity index (χ0) is 14.3. The summed E-state index contributed by atoms with van der Waals surface area (Å²) in [6, 6.07) is 8.01. The molecule has 0 fully saturated rings. The van der Waals surface area contributed by atoms with Gasteiger partial charge >= 0.3 is 0 Å². The molecule has 102 valence electrons. The van der Waals surface area contributed by atoms with E-state index in [1.54, 1.807) is 11.7 Å². The average Bonchev–Trinajstić information content (AvgIpc) is 2.75. The van der Waals surface area contributed by atoms with Gasteiger partial charge in [-0.2, -0.15) is 5.10 Å². The number of likely N-dealkylation sites (N-methyl/N-ethyl adjacent to an activating group) is 1. The molecule has 3 aromatic rings. The number of carbonyl (C=O) groups is 1. The van der Waals surface area contributed by atoms with Gasteiger partial charge in [-0.25, -0.2) is 9.67 Å². The van der Waals surface area contributed by atoms with Crippen molar-refractivity contribution in [3.05, 3.63) is 35.5 Å². The monoisotopic (exact) mass is 268 g/mol. The Morgan fingerprint density at radius 3 is 2.80 bits per heavy atom. The molecule has 0 radical (unpaired) electrons. The molecule has 0 aliphatic carbocycles. The summed E-state index contributed by atoms with van der Waals surface area (Å²) >= 11 is 0. The SMILES string of the molecule is CNC(=O)Cn1nc(C)c2c(C)c3ccccc3nc21. The molecule has 1 amide bonds. The van der Waals surface area contributed by atoms with Crippen LogP contribution >= 0.6 is 0 Å². The molecule has 0 spiro atoms. The average molecular weight is 268 g/mol. The second kappa shape index (κ2) is 4.59. The number of nitrogens with zero attached hydrogens (tertiary/aromatic N) is 3. The first-order chi connectivity index (χ1) is 9.61. The molecule has 0 saturated heterocycles. The Morgan fingerprint density at radius 1 is 1.30 bits per heavy atom. The van der Waals surface area contributed by atoms with Gasteiger partial charge in [0.15, 0.2) is 5.65 Å². The first kappa shape index (κ1) is 12.6. The molecule has 0 bridgehead atoms. The third-order valence-electron chi connectivity index (χ3n) is 3.58. The van der Waals surface area contributed by atoms with Gasteiger partial charge in [0.05, 0.1) is 11.2 Å². The Hall–Kier alpha value is -2.43. The summed E-state index contributed by atoms with van der Waals surface area (Å²) < 4.78 is 1.67. The van der Waals surface area contributed by atoms with Gasteiger partial charge in [0.2, 0.25) is 5.91 Å². The highest BCUT2D eigenvalue weighted by Crippen LogP contribution is 2.27. The van der Waals surface area contributed by atoms with E-state index < -0.39 is 0 Å². The van der Waals surface area contributed by atoms with Crippen molar-refractivity contribution in [3.8, 4) is 0 Å². The molecule has 1 aromatic carbocycles. The minimum Gasteiger partial charge on any atom is -0.358 e. The number of benzene rings is 1. The maximum absolute atomic E-state index is 11.6. The summed E-state index contributed by atoms with van der Waals surface area (Å²) in [6.45, 7) is 4.21. The summed E-state index contributed by atoms with van der Waals surface area (Å²) in [6.07, 6.45) is 0. The zero-order valence-electron chi connectivity index (χ0n) is 11.8. The van der Waals surface area contributed by atoms with E-state index >= 15 is 0 Å². The standard InChI is InChI=1S/C15H16N4O/c1-9-11-6-4-5-7-12(11)17-15-14(9)10(2)18-19(15)8-13(20)16-3/h4-7H,8H2,1-3H3,(H,16,20). The van der Waals surface area contributed by atoms with Crippen molar-refractivity contribution in [3.63, 3.8) is 0 Å². The van der Waals surface area contributed by atoms with E-state index in [2.05, 4.69) is 28.4 Å². The first-order valence-electron chi connectivity index (χ1n) is 6.55. The lowest BCUT2D eigenvalue weighted by Gasteiger charge is -2.05. The highest BCUT2D eigenvalue weighted by atomic mass is 16.1. The minimum absolute atomic E-state index is 0.0815. The number of rotatable bonds is 2. The number of aryl methyl sites for hydroxylation is 2. The van der Waals surface area contributed by atoms with Gasteiger partial charge in [0.25, 0.3) is 0 Å². The van der Waals surface area contributed by atoms with E-state index in [1.807, 2.05) is 25.1 Å².